The zero-order valence-corrected chi connectivity index (χ0v) is 28.0. The van der Waals surface area contributed by atoms with Crippen molar-refractivity contribution in [3.05, 3.63) is 28.3 Å². The van der Waals surface area contributed by atoms with Gasteiger partial charge in [-0.05, 0) is 115 Å². The van der Waals surface area contributed by atoms with Crippen LogP contribution >= 0.6 is 23.5 Å². The molecule has 4 saturated heterocycles. The summed E-state index contributed by atoms with van der Waals surface area (Å²) in [5, 5.41) is 6.44. The highest BCUT2D eigenvalue weighted by Gasteiger charge is 2.42. The number of hydrogen-bond donors (Lipinski definition) is 2. The van der Waals surface area contributed by atoms with Crippen LogP contribution in [0.1, 0.15) is 88.1 Å². The molecule has 0 aromatic heterocycles. The fraction of sp³-hybridized carbons (Fsp3) is 0.727. The molecule has 2 bridgehead atoms. The van der Waals surface area contributed by atoms with E-state index >= 15 is 0 Å². The molecule has 2 N–H and O–H groups in total. The van der Waals surface area contributed by atoms with Gasteiger partial charge in [0, 0.05) is 49.2 Å². The van der Waals surface area contributed by atoms with Crippen molar-refractivity contribution >= 4 is 47.1 Å². The van der Waals surface area contributed by atoms with Gasteiger partial charge in [0.2, 0.25) is 5.91 Å². The Morgan fingerprint density at radius 1 is 1.00 bits per heavy atom. The van der Waals surface area contributed by atoms with E-state index in [2.05, 4.69) is 31.8 Å². The van der Waals surface area contributed by atoms with E-state index in [-0.39, 0.29) is 23.9 Å². The van der Waals surface area contributed by atoms with Crippen LogP contribution in [0.4, 0.5) is 10.5 Å². The Morgan fingerprint density at radius 3 is 2.32 bits per heavy atom. The lowest BCUT2D eigenvalue weighted by molar-refractivity contribution is -0.115. The summed E-state index contributed by atoms with van der Waals surface area (Å²) in [6.45, 7) is 10.9. The standard InChI is InChI=1S/C33H48ClN5O4S/c1-33(2,3)43-32(42)38-12-8-21(9-13-38)19-37-10-6-22(7-11-37)20-44-39-25-4-5-26(39)17-24(16-25)35-31(41)27-14-23-15-30(40)36-29(23)18-28(27)34/h14,18,21-22,24-26H,4-13,15-17,19-20H2,1-3H3,(H,35,41)(H,36,40)/t24?,25-,26?/m0/s1. The van der Waals surface area contributed by atoms with E-state index in [0.717, 1.165) is 56.8 Å². The molecule has 5 aliphatic rings. The van der Waals surface area contributed by atoms with Gasteiger partial charge in [-0.25, -0.2) is 9.10 Å². The van der Waals surface area contributed by atoms with Gasteiger partial charge in [-0.3, -0.25) is 9.59 Å². The lowest BCUT2D eigenvalue weighted by atomic mass is 9.93. The SMILES string of the molecule is CC(C)(C)OC(=O)N1CCC(CN2CCC(CSN3C4CC[C@H]3CC(NC(=O)c3cc5c(cc3Cl)NC(=O)C5)C4)CC2)CC1. The quantitative estimate of drug-likeness (QED) is 0.375. The molecule has 5 heterocycles. The van der Waals surface area contributed by atoms with Gasteiger partial charge in [-0.15, -0.1) is 0 Å². The number of anilines is 1. The van der Waals surface area contributed by atoms with E-state index in [0.29, 0.717) is 40.7 Å². The van der Waals surface area contributed by atoms with Crippen LogP contribution in [0.15, 0.2) is 12.1 Å². The number of rotatable bonds is 7. The molecule has 3 amide bonds. The molecular weight excluding hydrogens is 598 g/mol. The van der Waals surface area contributed by atoms with Crippen LogP contribution in [0.3, 0.4) is 0 Å². The summed E-state index contributed by atoms with van der Waals surface area (Å²) in [6, 6.07) is 4.63. The third-order valence-electron chi connectivity index (χ3n) is 10.0. The average molecular weight is 646 g/mol. The summed E-state index contributed by atoms with van der Waals surface area (Å²) in [5.41, 5.74) is 1.57. The summed E-state index contributed by atoms with van der Waals surface area (Å²) < 4.78 is 8.21. The maximum atomic E-state index is 13.2. The number of piperidine rings is 3. The molecule has 1 aromatic carbocycles. The first-order valence-corrected chi connectivity index (χ1v) is 17.9. The molecule has 4 fully saturated rings. The third kappa shape index (κ3) is 7.68. The Bertz CT molecular complexity index is 1230. The van der Waals surface area contributed by atoms with Crippen molar-refractivity contribution < 1.29 is 19.1 Å². The molecule has 1 aromatic rings. The summed E-state index contributed by atoms with van der Waals surface area (Å²) in [7, 11) is 0. The fourth-order valence-electron chi connectivity index (χ4n) is 7.66. The largest absolute Gasteiger partial charge is 0.444 e. The molecular formula is C33H48ClN5O4S. The van der Waals surface area contributed by atoms with Gasteiger partial charge >= 0.3 is 6.09 Å². The van der Waals surface area contributed by atoms with Crippen molar-refractivity contribution in [2.24, 2.45) is 11.8 Å². The highest BCUT2D eigenvalue weighted by atomic mass is 35.5. The number of fused-ring (bicyclic) bond motifs is 3. The molecule has 3 atom stereocenters. The monoisotopic (exact) mass is 645 g/mol. The van der Waals surface area contributed by atoms with Gasteiger partial charge in [0.1, 0.15) is 5.60 Å². The molecule has 0 radical (unpaired) electrons. The first kappa shape index (κ1) is 32.0. The topological polar surface area (TPSA) is 94.2 Å². The average Bonchev–Trinajstić information content (AvgIpc) is 3.44. The number of carbonyl (C=O) groups is 3. The van der Waals surface area contributed by atoms with Crippen LogP contribution in [0.2, 0.25) is 5.02 Å². The summed E-state index contributed by atoms with van der Waals surface area (Å²) in [6.07, 6.45) is 9.11. The van der Waals surface area contributed by atoms with Gasteiger partial charge in [0.25, 0.3) is 5.91 Å². The number of likely N-dealkylation sites (tertiary alicyclic amines) is 2. The van der Waals surface area contributed by atoms with E-state index in [4.69, 9.17) is 16.3 Å². The first-order valence-electron chi connectivity index (χ1n) is 16.6. The van der Waals surface area contributed by atoms with Crippen molar-refractivity contribution in [1.82, 2.24) is 19.4 Å². The number of benzene rings is 1. The zero-order valence-electron chi connectivity index (χ0n) is 26.4. The molecule has 6 rings (SSSR count). The summed E-state index contributed by atoms with van der Waals surface area (Å²) >= 11 is 8.48. The smallest absolute Gasteiger partial charge is 0.410 e. The van der Waals surface area contributed by atoms with Crippen molar-refractivity contribution in [3.8, 4) is 0 Å². The van der Waals surface area contributed by atoms with Gasteiger partial charge < -0.3 is 25.2 Å². The van der Waals surface area contributed by atoms with Crippen LogP contribution in [0.5, 0.6) is 0 Å². The van der Waals surface area contributed by atoms with Gasteiger partial charge in [-0.1, -0.05) is 23.5 Å². The van der Waals surface area contributed by atoms with Crippen LogP contribution in [0, 0.1) is 11.8 Å². The Morgan fingerprint density at radius 2 is 1.66 bits per heavy atom. The second-order valence-corrected chi connectivity index (χ2v) is 16.0. The molecule has 242 valence electrons. The molecule has 11 heteroatoms. The fourth-order valence-corrected chi connectivity index (χ4v) is 9.44. The first-order chi connectivity index (χ1) is 21.0. The third-order valence-corrected chi connectivity index (χ3v) is 11.8. The normalized spacial score (nSPS) is 26.9. The van der Waals surface area contributed by atoms with E-state index in [1.807, 2.05) is 25.7 Å². The van der Waals surface area contributed by atoms with Gasteiger partial charge in [-0.2, -0.15) is 0 Å². The van der Waals surface area contributed by atoms with Crippen molar-refractivity contribution in [3.63, 3.8) is 0 Å². The second-order valence-electron chi connectivity index (χ2n) is 14.6. The van der Waals surface area contributed by atoms with Crippen LogP contribution in [0.25, 0.3) is 0 Å². The molecule has 44 heavy (non-hydrogen) atoms. The van der Waals surface area contributed by atoms with E-state index in [1.54, 1.807) is 12.1 Å². The molecule has 2 unspecified atom stereocenters. The Labute approximate surface area is 271 Å². The van der Waals surface area contributed by atoms with Crippen molar-refractivity contribution in [1.29, 1.82) is 0 Å². The van der Waals surface area contributed by atoms with Gasteiger partial charge in [0.05, 0.1) is 17.0 Å². The summed E-state index contributed by atoms with van der Waals surface area (Å²) in [4.78, 5) is 41.8. The van der Waals surface area contributed by atoms with E-state index in [9.17, 15) is 14.4 Å². The highest BCUT2D eigenvalue weighted by Crippen LogP contribution is 2.42. The van der Waals surface area contributed by atoms with Gasteiger partial charge in [0.15, 0.2) is 0 Å². The number of nitrogens with zero attached hydrogens (tertiary/aromatic N) is 3. The Kier molecular flexibility index (Phi) is 9.72. The number of halogens is 1. The highest BCUT2D eigenvalue weighted by molar-refractivity contribution is 7.97. The van der Waals surface area contributed by atoms with Crippen molar-refractivity contribution in [2.45, 2.75) is 102 Å². The molecule has 0 spiro atoms. The van der Waals surface area contributed by atoms with E-state index in [1.165, 1.54) is 44.5 Å². The Balaban J connectivity index is 0.898. The Hall–Kier alpha value is -2.01. The number of ether oxygens (including phenoxy) is 1. The number of amides is 3. The lowest BCUT2D eigenvalue weighted by Crippen LogP contribution is -2.48. The minimum absolute atomic E-state index is 0.0605. The maximum absolute atomic E-state index is 13.2. The second kappa shape index (κ2) is 13.4. The predicted octanol–water partition coefficient (Wildman–Crippen LogP) is 5.57. The number of nitrogens with one attached hydrogen (secondary N) is 2. The van der Waals surface area contributed by atoms with Crippen LogP contribution < -0.4 is 10.6 Å². The lowest BCUT2D eigenvalue weighted by Gasteiger charge is -2.40. The molecule has 0 aliphatic carbocycles. The maximum Gasteiger partial charge on any atom is 0.410 e. The minimum Gasteiger partial charge on any atom is -0.444 e. The molecule has 0 saturated carbocycles. The molecule has 5 aliphatic heterocycles. The molecule has 9 nitrogen and oxygen atoms in total. The minimum atomic E-state index is -0.439. The number of carbonyl (C=O) groups excluding carboxylic acids is 3. The van der Waals surface area contributed by atoms with E-state index < -0.39 is 5.60 Å². The predicted molar refractivity (Wildman–Crippen MR) is 175 cm³/mol. The number of hydrogen-bond acceptors (Lipinski definition) is 7. The zero-order chi connectivity index (χ0) is 31.0. The van der Waals surface area contributed by atoms with Crippen molar-refractivity contribution in [2.75, 3.05) is 43.8 Å². The van der Waals surface area contributed by atoms with Crippen LogP contribution in [-0.4, -0.2) is 94.2 Å². The van der Waals surface area contributed by atoms with Crippen LogP contribution in [-0.2, 0) is 16.0 Å². The summed E-state index contributed by atoms with van der Waals surface area (Å²) in [5.74, 6) is 2.41.